The van der Waals surface area contributed by atoms with E-state index in [4.69, 9.17) is 0 Å². The Kier molecular flexibility index (Phi) is 6.25. The average molecular weight is 432 g/mol. The van der Waals surface area contributed by atoms with Gasteiger partial charge >= 0.3 is 0 Å². The van der Waals surface area contributed by atoms with Gasteiger partial charge in [0.1, 0.15) is 6.54 Å². The summed E-state index contributed by atoms with van der Waals surface area (Å²) in [4.78, 5) is 28.9. The molecule has 1 N–H and O–H groups in total. The number of aryl methyl sites for hydroxylation is 2. The van der Waals surface area contributed by atoms with E-state index in [-0.39, 0.29) is 18.4 Å². The molecule has 1 fully saturated rings. The third-order valence-electron chi connectivity index (χ3n) is 5.95. The van der Waals surface area contributed by atoms with Crippen molar-refractivity contribution >= 4 is 17.5 Å². The lowest BCUT2D eigenvalue weighted by Crippen LogP contribution is -2.49. The molecular weight excluding hydrogens is 402 g/mol. The minimum absolute atomic E-state index is 0.0916. The molecular formula is C25H29N5O2. The fourth-order valence-electron chi connectivity index (χ4n) is 4.20. The summed E-state index contributed by atoms with van der Waals surface area (Å²) < 4.78 is 1.78. The zero-order valence-electron chi connectivity index (χ0n) is 18.8. The van der Waals surface area contributed by atoms with Crippen molar-refractivity contribution in [1.82, 2.24) is 20.0 Å². The topological polar surface area (TPSA) is 70.5 Å². The van der Waals surface area contributed by atoms with E-state index < -0.39 is 0 Å². The summed E-state index contributed by atoms with van der Waals surface area (Å²) in [5, 5.41) is 7.06. The van der Waals surface area contributed by atoms with Gasteiger partial charge in [0.05, 0.1) is 5.69 Å². The highest BCUT2D eigenvalue weighted by Crippen LogP contribution is 2.31. The second-order valence-electron chi connectivity index (χ2n) is 8.13. The van der Waals surface area contributed by atoms with Crippen LogP contribution in [-0.2, 0) is 11.3 Å². The van der Waals surface area contributed by atoms with Crippen LogP contribution in [0, 0.1) is 13.8 Å². The van der Waals surface area contributed by atoms with E-state index in [9.17, 15) is 9.59 Å². The number of carbonyl (C=O) groups is 2. The van der Waals surface area contributed by atoms with Crippen LogP contribution in [0.1, 0.15) is 21.7 Å². The predicted molar refractivity (Wildman–Crippen MR) is 126 cm³/mol. The first-order chi connectivity index (χ1) is 15.5. The van der Waals surface area contributed by atoms with Crippen LogP contribution in [0.15, 0.2) is 54.6 Å². The highest BCUT2D eigenvalue weighted by molar-refractivity contribution is 5.94. The first-order valence-corrected chi connectivity index (χ1v) is 10.9. The summed E-state index contributed by atoms with van der Waals surface area (Å²) >= 11 is 0. The number of hydrogen-bond donors (Lipinski definition) is 1. The van der Waals surface area contributed by atoms with Crippen molar-refractivity contribution in [2.75, 3.05) is 38.1 Å². The summed E-state index contributed by atoms with van der Waals surface area (Å²) in [5.41, 5.74) is 5.91. The number of para-hydroxylation sites is 1. The lowest BCUT2D eigenvalue weighted by Gasteiger charge is -2.37. The zero-order valence-corrected chi connectivity index (χ0v) is 18.8. The summed E-state index contributed by atoms with van der Waals surface area (Å²) in [7, 11) is 1.63. The van der Waals surface area contributed by atoms with Crippen LogP contribution in [0.25, 0.3) is 11.1 Å². The van der Waals surface area contributed by atoms with E-state index in [0.29, 0.717) is 18.7 Å². The van der Waals surface area contributed by atoms with Crippen LogP contribution < -0.4 is 10.2 Å². The van der Waals surface area contributed by atoms with Crippen molar-refractivity contribution < 1.29 is 9.59 Å². The van der Waals surface area contributed by atoms with Gasteiger partial charge in [-0.2, -0.15) is 5.10 Å². The predicted octanol–water partition coefficient (Wildman–Crippen LogP) is 2.88. The maximum Gasteiger partial charge on any atom is 0.251 e. The Labute approximate surface area is 188 Å². The van der Waals surface area contributed by atoms with E-state index in [1.807, 2.05) is 61.2 Å². The second kappa shape index (κ2) is 9.26. The number of nitrogens with one attached hydrogen (secondary N) is 1. The maximum absolute atomic E-state index is 12.8. The standard InChI is InChI=1S/C25H29N5O2/c1-18-16-19(2)30(27-18)17-24(31)29-14-12-28(13-15-29)23-7-5-4-6-22(23)20-8-10-21(11-9-20)25(32)26-3/h4-11,16H,12-15,17H2,1-3H3,(H,26,32). The summed E-state index contributed by atoms with van der Waals surface area (Å²) in [6.45, 7) is 7.12. The van der Waals surface area contributed by atoms with Crippen molar-refractivity contribution in [3.05, 3.63) is 71.5 Å². The number of piperazine rings is 1. The van der Waals surface area contributed by atoms with Crippen molar-refractivity contribution in [3.8, 4) is 11.1 Å². The highest BCUT2D eigenvalue weighted by atomic mass is 16.2. The van der Waals surface area contributed by atoms with Crippen LogP contribution in [0.5, 0.6) is 0 Å². The minimum atomic E-state index is -0.0916. The number of amides is 2. The molecule has 7 heteroatoms. The Morgan fingerprint density at radius 3 is 2.28 bits per heavy atom. The van der Waals surface area contributed by atoms with Crippen molar-refractivity contribution in [2.45, 2.75) is 20.4 Å². The lowest BCUT2D eigenvalue weighted by atomic mass is 10.0. The molecule has 0 radical (unpaired) electrons. The Morgan fingerprint density at radius 1 is 0.969 bits per heavy atom. The largest absolute Gasteiger partial charge is 0.367 e. The Hall–Kier alpha value is -3.61. The zero-order chi connectivity index (χ0) is 22.7. The summed E-state index contributed by atoms with van der Waals surface area (Å²) in [6, 6.07) is 17.9. The Morgan fingerprint density at radius 2 is 1.66 bits per heavy atom. The number of aromatic nitrogens is 2. The molecule has 2 amide bonds. The molecule has 0 unspecified atom stereocenters. The summed E-state index contributed by atoms with van der Waals surface area (Å²) in [5.74, 6) is 0.0139. The molecule has 3 aromatic rings. The van der Waals surface area contributed by atoms with E-state index in [2.05, 4.69) is 27.4 Å². The Bertz CT molecular complexity index is 1110. The molecule has 2 heterocycles. The van der Waals surface area contributed by atoms with Gasteiger partial charge < -0.3 is 15.1 Å². The van der Waals surface area contributed by atoms with Gasteiger partial charge in [-0.1, -0.05) is 30.3 Å². The molecule has 32 heavy (non-hydrogen) atoms. The fourth-order valence-corrected chi connectivity index (χ4v) is 4.20. The molecule has 0 bridgehead atoms. The number of rotatable bonds is 5. The molecule has 0 spiro atoms. The SMILES string of the molecule is CNC(=O)c1ccc(-c2ccccc2N2CCN(C(=O)Cn3nc(C)cc3C)CC2)cc1. The quantitative estimate of drug-likeness (QED) is 0.674. The van der Waals surface area contributed by atoms with Gasteiger partial charge in [0.2, 0.25) is 5.91 Å². The molecule has 4 rings (SSSR count). The molecule has 0 saturated carbocycles. The number of nitrogens with zero attached hydrogens (tertiary/aromatic N) is 4. The van der Waals surface area contributed by atoms with E-state index in [1.165, 1.54) is 0 Å². The van der Waals surface area contributed by atoms with Gasteiger partial charge in [0.25, 0.3) is 5.91 Å². The van der Waals surface area contributed by atoms with Gasteiger partial charge in [-0.3, -0.25) is 14.3 Å². The van der Waals surface area contributed by atoms with Crippen LogP contribution in [0.2, 0.25) is 0 Å². The molecule has 0 aliphatic carbocycles. The molecule has 1 aliphatic rings. The highest BCUT2D eigenvalue weighted by Gasteiger charge is 2.23. The molecule has 1 saturated heterocycles. The van der Waals surface area contributed by atoms with E-state index >= 15 is 0 Å². The fraction of sp³-hybridized carbons (Fsp3) is 0.320. The number of hydrogen-bond acceptors (Lipinski definition) is 4. The van der Waals surface area contributed by atoms with Crippen LogP contribution >= 0.6 is 0 Å². The molecule has 1 aliphatic heterocycles. The monoisotopic (exact) mass is 431 g/mol. The first kappa shape index (κ1) is 21.6. The van der Waals surface area contributed by atoms with Gasteiger partial charge in [-0.15, -0.1) is 0 Å². The molecule has 0 atom stereocenters. The average Bonchev–Trinajstić information content (AvgIpc) is 3.15. The van der Waals surface area contributed by atoms with Gasteiger partial charge in [0.15, 0.2) is 0 Å². The third-order valence-corrected chi connectivity index (χ3v) is 5.95. The second-order valence-corrected chi connectivity index (χ2v) is 8.13. The first-order valence-electron chi connectivity index (χ1n) is 10.9. The minimum Gasteiger partial charge on any atom is -0.367 e. The third kappa shape index (κ3) is 4.51. The summed E-state index contributed by atoms with van der Waals surface area (Å²) in [6.07, 6.45) is 0. The maximum atomic E-state index is 12.8. The van der Waals surface area contributed by atoms with Crippen molar-refractivity contribution in [2.24, 2.45) is 0 Å². The van der Waals surface area contributed by atoms with Gasteiger partial charge in [0, 0.05) is 55.7 Å². The number of carbonyl (C=O) groups excluding carboxylic acids is 2. The molecule has 2 aromatic carbocycles. The van der Waals surface area contributed by atoms with Crippen molar-refractivity contribution in [1.29, 1.82) is 0 Å². The number of benzene rings is 2. The molecule has 7 nitrogen and oxygen atoms in total. The van der Waals surface area contributed by atoms with Crippen LogP contribution in [0.3, 0.4) is 0 Å². The van der Waals surface area contributed by atoms with E-state index in [0.717, 1.165) is 41.3 Å². The molecule has 166 valence electrons. The smallest absolute Gasteiger partial charge is 0.251 e. The van der Waals surface area contributed by atoms with Crippen molar-refractivity contribution in [3.63, 3.8) is 0 Å². The van der Waals surface area contributed by atoms with Crippen LogP contribution in [0.4, 0.5) is 5.69 Å². The lowest BCUT2D eigenvalue weighted by molar-refractivity contribution is -0.132. The van der Waals surface area contributed by atoms with Gasteiger partial charge in [-0.05, 0) is 43.7 Å². The molecule has 1 aromatic heterocycles. The van der Waals surface area contributed by atoms with Gasteiger partial charge in [-0.25, -0.2) is 0 Å². The normalized spacial score (nSPS) is 13.8. The van der Waals surface area contributed by atoms with Crippen LogP contribution in [-0.4, -0.2) is 59.7 Å². The van der Waals surface area contributed by atoms with E-state index in [1.54, 1.807) is 11.7 Å². The number of anilines is 1. The Balaban J connectivity index is 1.44.